The van der Waals surface area contributed by atoms with E-state index in [1.54, 1.807) is 12.2 Å². The first-order chi connectivity index (χ1) is 8.79. The quantitative estimate of drug-likeness (QED) is 0.681. The average Bonchev–Trinajstić information content (AvgIpc) is 3.03. The highest BCUT2D eigenvalue weighted by atomic mass is 19.4. The molecule has 0 spiro atoms. The van der Waals surface area contributed by atoms with Gasteiger partial charge in [-0.3, -0.25) is 4.79 Å². The standard InChI is InChI=1S/C12H11F4NO2/c1-2-11(7-3-5-8(13)6-4-7)10(19-11)17-9(18)12(14,15)16/h3-6,10H,2H2,1H3,(H,17,18). The fraction of sp³-hybridized carbons (Fsp3) is 0.417. The lowest BCUT2D eigenvalue weighted by atomic mass is 9.95. The van der Waals surface area contributed by atoms with Crippen LogP contribution in [0.5, 0.6) is 0 Å². The first kappa shape index (κ1) is 13.8. The molecule has 1 saturated heterocycles. The zero-order valence-electron chi connectivity index (χ0n) is 9.92. The van der Waals surface area contributed by atoms with Gasteiger partial charge in [0.1, 0.15) is 11.4 Å². The molecule has 1 N–H and O–H groups in total. The van der Waals surface area contributed by atoms with E-state index in [0.717, 1.165) is 0 Å². The van der Waals surface area contributed by atoms with Crippen LogP contribution in [0.25, 0.3) is 0 Å². The number of hydrogen-bond donors (Lipinski definition) is 1. The highest BCUT2D eigenvalue weighted by Crippen LogP contribution is 2.47. The van der Waals surface area contributed by atoms with E-state index < -0.39 is 29.7 Å². The van der Waals surface area contributed by atoms with Crippen LogP contribution in [-0.2, 0) is 15.1 Å². The fourth-order valence-electron chi connectivity index (χ4n) is 1.95. The molecule has 104 valence electrons. The van der Waals surface area contributed by atoms with Gasteiger partial charge in [0, 0.05) is 0 Å². The summed E-state index contributed by atoms with van der Waals surface area (Å²) < 4.78 is 54.4. The van der Waals surface area contributed by atoms with Crippen LogP contribution in [0.3, 0.4) is 0 Å². The van der Waals surface area contributed by atoms with Crippen LogP contribution in [0, 0.1) is 5.82 Å². The van der Waals surface area contributed by atoms with Crippen LogP contribution < -0.4 is 5.32 Å². The molecule has 0 bridgehead atoms. The smallest absolute Gasteiger partial charge is 0.339 e. The predicted octanol–water partition coefficient (Wildman–Crippen LogP) is 2.47. The molecule has 1 amide bonds. The predicted molar refractivity (Wildman–Crippen MR) is 57.4 cm³/mol. The lowest BCUT2D eigenvalue weighted by Crippen LogP contribution is -2.40. The Morgan fingerprint density at radius 1 is 1.37 bits per heavy atom. The van der Waals surface area contributed by atoms with E-state index in [4.69, 9.17) is 4.74 Å². The van der Waals surface area contributed by atoms with Gasteiger partial charge in [-0.15, -0.1) is 0 Å². The first-order valence-corrected chi connectivity index (χ1v) is 5.61. The Labute approximate surface area is 106 Å². The van der Waals surface area contributed by atoms with E-state index >= 15 is 0 Å². The number of halogens is 4. The maximum atomic E-state index is 12.8. The van der Waals surface area contributed by atoms with Gasteiger partial charge in [-0.25, -0.2) is 4.39 Å². The number of amides is 1. The zero-order valence-corrected chi connectivity index (χ0v) is 9.92. The summed E-state index contributed by atoms with van der Waals surface area (Å²) in [6.07, 6.45) is -5.63. The van der Waals surface area contributed by atoms with Crippen molar-refractivity contribution < 1.29 is 27.1 Å². The topological polar surface area (TPSA) is 41.6 Å². The van der Waals surface area contributed by atoms with Gasteiger partial charge in [-0.2, -0.15) is 13.2 Å². The Balaban J connectivity index is 2.12. The highest BCUT2D eigenvalue weighted by Gasteiger charge is 2.59. The van der Waals surface area contributed by atoms with E-state index in [-0.39, 0.29) is 0 Å². The van der Waals surface area contributed by atoms with Crippen molar-refractivity contribution in [1.82, 2.24) is 5.32 Å². The molecule has 0 aliphatic carbocycles. The van der Waals surface area contributed by atoms with Gasteiger partial charge in [-0.05, 0) is 24.1 Å². The molecule has 1 aliphatic rings. The second kappa shape index (κ2) is 4.48. The van der Waals surface area contributed by atoms with Crippen molar-refractivity contribution in [3.63, 3.8) is 0 Å². The second-order valence-electron chi connectivity index (χ2n) is 4.22. The molecule has 19 heavy (non-hydrogen) atoms. The maximum absolute atomic E-state index is 12.8. The van der Waals surface area contributed by atoms with Crippen LogP contribution in [-0.4, -0.2) is 18.3 Å². The molecule has 0 aromatic heterocycles. The van der Waals surface area contributed by atoms with Crippen LogP contribution in [0.1, 0.15) is 18.9 Å². The summed E-state index contributed by atoms with van der Waals surface area (Å²) >= 11 is 0. The summed E-state index contributed by atoms with van der Waals surface area (Å²) in [5.74, 6) is -2.50. The number of alkyl halides is 3. The number of carbonyl (C=O) groups excluding carboxylic acids is 1. The Morgan fingerprint density at radius 2 is 1.95 bits per heavy atom. The molecular formula is C12H11F4NO2. The molecule has 2 unspecified atom stereocenters. The lowest BCUT2D eigenvalue weighted by Gasteiger charge is -2.12. The monoisotopic (exact) mass is 277 g/mol. The number of ether oxygens (including phenoxy) is 1. The molecule has 3 nitrogen and oxygen atoms in total. The van der Waals surface area contributed by atoms with Gasteiger partial charge < -0.3 is 10.1 Å². The molecular weight excluding hydrogens is 266 g/mol. The van der Waals surface area contributed by atoms with Crippen LogP contribution in [0.4, 0.5) is 17.6 Å². The van der Waals surface area contributed by atoms with Gasteiger partial charge in [0.25, 0.3) is 0 Å². The van der Waals surface area contributed by atoms with Crippen molar-refractivity contribution in [3.8, 4) is 0 Å². The van der Waals surface area contributed by atoms with Gasteiger partial charge in [0.05, 0.1) is 0 Å². The molecule has 2 rings (SSSR count). The van der Waals surface area contributed by atoms with E-state index in [1.165, 1.54) is 24.3 Å². The van der Waals surface area contributed by atoms with Gasteiger partial charge in [-0.1, -0.05) is 19.1 Å². The Kier molecular flexibility index (Phi) is 3.25. The molecule has 0 saturated carbocycles. The van der Waals surface area contributed by atoms with Crippen molar-refractivity contribution in [2.24, 2.45) is 0 Å². The summed E-state index contributed by atoms with van der Waals surface area (Å²) in [5, 5.41) is 1.77. The molecule has 2 atom stereocenters. The average molecular weight is 277 g/mol. The summed E-state index contributed by atoms with van der Waals surface area (Å²) in [6, 6.07) is 5.24. The number of hydrogen-bond acceptors (Lipinski definition) is 2. The summed E-state index contributed by atoms with van der Waals surface area (Å²) in [4.78, 5) is 10.8. The minimum Gasteiger partial charge on any atom is -0.339 e. The molecule has 1 fully saturated rings. The number of carbonyl (C=O) groups is 1. The summed E-state index contributed by atoms with van der Waals surface area (Å²) in [7, 11) is 0. The third kappa shape index (κ3) is 2.56. The molecule has 1 aromatic rings. The zero-order chi connectivity index (χ0) is 14.3. The van der Waals surface area contributed by atoms with Crippen molar-refractivity contribution in [2.45, 2.75) is 31.3 Å². The lowest BCUT2D eigenvalue weighted by molar-refractivity contribution is -0.174. The van der Waals surface area contributed by atoms with Crippen molar-refractivity contribution in [1.29, 1.82) is 0 Å². The first-order valence-electron chi connectivity index (χ1n) is 5.61. The number of nitrogens with one attached hydrogen (secondary N) is 1. The molecule has 1 aromatic carbocycles. The van der Waals surface area contributed by atoms with Crippen molar-refractivity contribution in [3.05, 3.63) is 35.6 Å². The Morgan fingerprint density at radius 3 is 2.42 bits per heavy atom. The van der Waals surface area contributed by atoms with Crippen LogP contribution in [0.15, 0.2) is 24.3 Å². The summed E-state index contributed by atoms with van der Waals surface area (Å²) in [5.41, 5.74) is -0.474. The van der Waals surface area contributed by atoms with Crippen LogP contribution >= 0.6 is 0 Å². The Bertz CT molecular complexity index is 485. The van der Waals surface area contributed by atoms with Gasteiger partial charge in [0.2, 0.25) is 0 Å². The third-order valence-corrected chi connectivity index (χ3v) is 3.07. The van der Waals surface area contributed by atoms with Gasteiger partial charge in [0.15, 0.2) is 6.23 Å². The highest BCUT2D eigenvalue weighted by molar-refractivity contribution is 5.82. The van der Waals surface area contributed by atoms with Crippen molar-refractivity contribution >= 4 is 5.91 Å². The van der Waals surface area contributed by atoms with E-state index in [9.17, 15) is 22.4 Å². The normalized spacial score (nSPS) is 26.1. The Hall–Kier alpha value is -1.63. The van der Waals surface area contributed by atoms with E-state index in [0.29, 0.717) is 12.0 Å². The van der Waals surface area contributed by atoms with Gasteiger partial charge >= 0.3 is 12.1 Å². The van der Waals surface area contributed by atoms with Crippen LogP contribution in [0.2, 0.25) is 0 Å². The van der Waals surface area contributed by atoms with E-state index in [2.05, 4.69) is 0 Å². The number of epoxide rings is 1. The largest absolute Gasteiger partial charge is 0.471 e. The summed E-state index contributed by atoms with van der Waals surface area (Å²) in [6.45, 7) is 1.71. The van der Waals surface area contributed by atoms with E-state index in [1.807, 2.05) is 0 Å². The molecule has 7 heteroatoms. The fourth-order valence-corrected chi connectivity index (χ4v) is 1.95. The minimum absolute atomic E-state index is 0.363. The molecule has 0 radical (unpaired) electrons. The SMILES string of the molecule is CCC1(c2ccc(F)cc2)OC1NC(=O)C(F)(F)F. The number of rotatable bonds is 3. The molecule has 1 aliphatic heterocycles. The van der Waals surface area contributed by atoms with Crippen molar-refractivity contribution in [2.75, 3.05) is 0 Å². The number of benzene rings is 1. The molecule has 1 heterocycles. The minimum atomic E-state index is -4.95. The second-order valence-corrected chi connectivity index (χ2v) is 4.22. The maximum Gasteiger partial charge on any atom is 0.471 e. The third-order valence-electron chi connectivity index (χ3n) is 3.07.